The summed E-state index contributed by atoms with van der Waals surface area (Å²) in [5, 5.41) is 0. The van der Waals surface area contributed by atoms with Crippen molar-refractivity contribution in [3.63, 3.8) is 0 Å². The Morgan fingerprint density at radius 1 is 0.964 bits per heavy atom. The van der Waals surface area contributed by atoms with Crippen molar-refractivity contribution in [2.24, 2.45) is 0 Å². The molecule has 2 amide bonds. The summed E-state index contributed by atoms with van der Waals surface area (Å²) in [4.78, 5) is 23.4. The van der Waals surface area contributed by atoms with Crippen LogP contribution in [-0.4, -0.2) is 32.6 Å². The van der Waals surface area contributed by atoms with Gasteiger partial charge in [-0.1, -0.05) is 19.1 Å². The number of hydrogen-bond acceptors (Lipinski definition) is 5. The van der Waals surface area contributed by atoms with Crippen molar-refractivity contribution >= 4 is 21.7 Å². The summed E-state index contributed by atoms with van der Waals surface area (Å²) >= 11 is 0. The molecule has 9 heteroatoms. The van der Waals surface area contributed by atoms with Crippen molar-refractivity contribution < 1.29 is 27.1 Å². The Morgan fingerprint density at radius 2 is 1.57 bits per heavy atom. The number of sulfone groups is 1. The standard InChI is InChI=1S/C19H21FN2O5S/c1-2-14-3-7-16(8-4-14)27-13-19(24)22-21-18(23)11-12-28(25,26)17-9-5-15(20)6-10-17/h3-10H,2,11-13H2,1H3,(H,21,23)(H,22,24). The average molecular weight is 408 g/mol. The zero-order chi connectivity index (χ0) is 20.6. The number of hydrogen-bond donors (Lipinski definition) is 2. The molecular weight excluding hydrogens is 387 g/mol. The summed E-state index contributed by atoms with van der Waals surface area (Å²) < 4.78 is 42.3. The van der Waals surface area contributed by atoms with Crippen LogP contribution < -0.4 is 15.6 Å². The lowest BCUT2D eigenvalue weighted by molar-refractivity contribution is -0.129. The molecule has 0 aliphatic heterocycles. The second-order valence-electron chi connectivity index (χ2n) is 5.91. The number of halogens is 1. The van der Waals surface area contributed by atoms with Crippen LogP contribution in [0.15, 0.2) is 53.4 Å². The number of carbonyl (C=O) groups excluding carboxylic acids is 2. The van der Waals surface area contributed by atoms with E-state index < -0.39 is 33.2 Å². The highest BCUT2D eigenvalue weighted by Gasteiger charge is 2.17. The third-order valence-electron chi connectivity index (χ3n) is 3.81. The van der Waals surface area contributed by atoms with Crippen molar-refractivity contribution in [1.82, 2.24) is 10.9 Å². The molecule has 0 atom stereocenters. The number of aryl methyl sites for hydroxylation is 1. The van der Waals surface area contributed by atoms with Crippen molar-refractivity contribution in [1.29, 1.82) is 0 Å². The first-order valence-corrected chi connectivity index (χ1v) is 10.2. The lowest BCUT2D eigenvalue weighted by Crippen LogP contribution is -2.44. The maximum atomic E-state index is 12.9. The zero-order valence-electron chi connectivity index (χ0n) is 15.3. The fourth-order valence-electron chi connectivity index (χ4n) is 2.20. The summed E-state index contributed by atoms with van der Waals surface area (Å²) in [5.41, 5.74) is 5.42. The van der Waals surface area contributed by atoms with Gasteiger partial charge in [-0.05, 0) is 48.4 Å². The molecular formula is C19H21FN2O5S. The average Bonchev–Trinajstić information content (AvgIpc) is 2.70. The van der Waals surface area contributed by atoms with Gasteiger partial charge in [0.1, 0.15) is 11.6 Å². The lowest BCUT2D eigenvalue weighted by atomic mass is 10.2. The summed E-state index contributed by atoms with van der Waals surface area (Å²) in [6.45, 7) is 1.72. The summed E-state index contributed by atoms with van der Waals surface area (Å²) in [6, 6.07) is 11.6. The van der Waals surface area contributed by atoms with Gasteiger partial charge in [-0.25, -0.2) is 12.8 Å². The Bertz CT molecular complexity index is 912. The van der Waals surface area contributed by atoms with Gasteiger partial charge in [-0.2, -0.15) is 0 Å². The third-order valence-corrected chi connectivity index (χ3v) is 5.55. The maximum absolute atomic E-state index is 12.9. The van der Waals surface area contributed by atoms with Gasteiger partial charge in [0, 0.05) is 6.42 Å². The minimum absolute atomic E-state index is 0.0757. The first-order valence-electron chi connectivity index (χ1n) is 8.58. The summed E-state index contributed by atoms with van der Waals surface area (Å²) in [7, 11) is -3.73. The van der Waals surface area contributed by atoms with Gasteiger partial charge < -0.3 is 4.74 Å². The molecule has 0 bridgehead atoms. The Kier molecular flexibility index (Phi) is 7.51. The molecule has 0 unspecified atom stereocenters. The number of amides is 2. The molecule has 0 fully saturated rings. The summed E-state index contributed by atoms with van der Waals surface area (Å²) in [5.74, 6) is -1.77. The van der Waals surface area contributed by atoms with Crippen LogP contribution in [0.3, 0.4) is 0 Å². The molecule has 0 aliphatic rings. The predicted molar refractivity (Wildman–Crippen MR) is 101 cm³/mol. The van der Waals surface area contributed by atoms with E-state index in [2.05, 4.69) is 10.9 Å². The van der Waals surface area contributed by atoms with Crippen LogP contribution in [0.25, 0.3) is 0 Å². The predicted octanol–water partition coefficient (Wildman–Crippen LogP) is 1.78. The SMILES string of the molecule is CCc1ccc(OCC(=O)NNC(=O)CCS(=O)(=O)c2ccc(F)cc2)cc1. The van der Waals surface area contributed by atoms with Crippen LogP contribution in [0.1, 0.15) is 18.9 Å². The fraction of sp³-hybridized carbons (Fsp3) is 0.263. The van der Waals surface area contributed by atoms with Crippen LogP contribution >= 0.6 is 0 Å². The van der Waals surface area contributed by atoms with Gasteiger partial charge in [0.05, 0.1) is 10.6 Å². The first kappa shape index (κ1) is 21.4. The minimum Gasteiger partial charge on any atom is -0.484 e. The zero-order valence-corrected chi connectivity index (χ0v) is 16.1. The Balaban J connectivity index is 1.72. The monoisotopic (exact) mass is 408 g/mol. The van der Waals surface area contributed by atoms with E-state index in [1.165, 1.54) is 0 Å². The maximum Gasteiger partial charge on any atom is 0.276 e. The van der Waals surface area contributed by atoms with Gasteiger partial charge in [0.25, 0.3) is 5.91 Å². The van der Waals surface area contributed by atoms with E-state index in [0.29, 0.717) is 5.75 Å². The number of carbonyl (C=O) groups is 2. The van der Waals surface area contributed by atoms with E-state index >= 15 is 0 Å². The molecule has 0 heterocycles. The number of benzene rings is 2. The van der Waals surface area contributed by atoms with Crippen LogP contribution in [0.5, 0.6) is 5.75 Å². The quantitative estimate of drug-likeness (QED) is 0.512. The van der Waals surface area contributed by atoms with Gasteiger partial charge in [0.2, 0.25) is 5.91 Å². The van der Waals surface area contributed by atoms with Gasteiger partial charge in [-0.3, -0.25) is 20.4 Å². The lowest BCUT2D eigenvalue weighted by Gasteiger charge is -2.09. The highest BCUT2D eigenvalue weighted by atomic mass is 32.2. The number of nitrogens with one attached hydrogen (secondary N) is 2. The van der Waals surface area contributed by atoms with E-state index in [1.54, 1.807) is 12.1 Å². The van der Waals surface area contributed by atoms with Crippen LogP contribution in [-0.2, 0) is 25.8 Å². The second-order valence-corrected chi connectivity index (χ2v) is 8.01. The van der Waals surface area contributed by atoms with Gasteiger partial charge >= 0.3 is 0 Å². The smallest absolute Gasteiger partial charge is 0.276 e. The van der Waals surface area contributed by atoms with Gasteiger partial charge in [0.15, 0.2) is 16.4 Å². The van der Waals surface area contributed by atoms with Crippen molar-refractivity contribution in [2.45, 2.75) is 24.7 Å². The topological polar surface area (TPSA) is 102 Å². The van der Waals surface area contributed by atoms with Crippen LogP contribution in [0.2, 0.25) is 0 Å². The molecule has 0 radical (unpaired) electrons. The molecule has 0 aliphatic carbocycles. The van der Waals surface area contributed by atoms with E-state index in [0.717, 1.165) is 36.2 Å². The fourth-order valence-corrected chi connectivity index (χ4v) is 3.44. The largest absolute Gasteiger partial charge is 0.484 e. The molecule has 0 saturated carbocycles. The molecule has 0 aromatic heterocycles. The molecule has 2 rings (SSSR count). The molecule has 2 aromatic rings. The van der Waals surface area contributed by atoms with E-state index in [1.807, 2.05) is 19.1 Å². The molecule has 0 saturated heterocycles. The highest BCUT2D eigenvalue weighted by molar-refractivity contribution is 7.91. The van der Waals surface area contributed by atoms with Crippen LogP contribution in [0.4, 0.5) is 4.39 Å². The number of rotatable bonds is 8. The molecule has 2 aromatic carbocycles. The van der Waals surface area contributed by atoms with E-state index in [4.69, 9.17) is 4.74 Å². The number of hydrazine groups is 1. The van der Waals surface area contributed by atoms with Crippen molar-refractivity contribution in [2.75, 3.05) is 12.4 Å². The molecule has 0 spiro atoms. The van der Waals surface area contributed by atoms with Gasteiger partial charge in [-0.15, -0.1) is 0 Å². The van der Waals surface area contributed by atoms with Crippen molar-refractivity contribution in [3.8, 4) is 5.75 Å². The van der Waals surface area contributed by atoms with Crippen molar-refractivity contribution in [3.05, 3.63) is 59.9 Å². The van der Waals surface area contributed by atoms with E-state index in [-0.39, 0.29) is 17.9 Å². The van der Waals surface area contributed by atoms with E-state index in [9.17, 15) is 22.4 Å². The molecule has 150 valence electrons. The highest BCUT2D eigenvalue weighted by Crippen LogP contribution is 2.13. The first-order chi connectivity index (χ1) is 13.3. The Morgan fingerprint density at radius 3 is 2.18 bits per heavy atom. The second kappa shape index (κ2) is 9.84. The summed E-state index contributed by atoms with van der Waals surface area (Å²) in [6.07, 6.45) is 0.531. The molecule has 2 N–H and O–H groups in total. The normalized spacial score (nSPS) is 10.9. The Labute approximate surface area is 162 Å². The molecule has 28 heavy (non-hydrogen) atoms. The Hall–Kier alpha value is -2.94. The third kappa shape index (κ3) is 6.66. The van der Waals surface area contributed by atoms with Crippen LogP contribution in [0, 0.1) is 5.82 Å². The number of ether oxygens (including phenoxy) is 1. The molecule has 7 nitrogen and oxygen atoms in total. The minimum atomic E-state index is -3.73.